The average molecular weight is 350 g/mol. The van der Waals surface area contributed by atoms with Gasteiger partial charge < -0.3 is 20.1 Å². The largest absolute Gasteiger partial charge is 0.480 e. The Morgan fingerprint density at radius 3 is 2.24 bits per heavy atom. The SMILES string of the molecule is C[C@@H](C(=O)O)N(C)C(=O)[C@H](Cc1ccccc1)NC(=O)OC(C)(C)C. The fraction of sp³-hybridized carbons (Fsp3) is 0.500. The summed E-state index contributed by atoms with van der Waals surface area (Å²) in [4.78, 5) is 37.0. The zero-order valence-corrected chi connectivity index (χ0v) is 15.3. The van der Waals surface area contributed by atoms with Crippen LogP contribution >= 0.6 is 0 Å². The third-order valence-electron chi connectivity index (χ3n) is 3.56. The number of carboxylic acid groups (broad SMARTS) is 1. The van der Waals surface area contributed by atoms with Gasteiger partial charge in [0.25, 0.3) is 0 Å². The average Bonchev–Trinajstić information content (AvgIpc) is 2.51. The highest BCUT2D eigenvalue weighted by molar-refractivity contribution is 5.89. The molecule has 0 saturated carbocycles. The van der Waals surface area contributed by atoms with E-state index in [1.165, 1.54) is 14.0 Å². The van der Waals surface area contributed by atoms with E-state index in [-0.39, 0.29) is 6.42 Å². The number of carbonyl (C=O) groups is 3. The summed E-state index contributed by atoms with van der Waals surface area (Å²) < 4.78 is 5.21. The monoisotopic (exact) mass is 350 g/mol. The number of carbonyl (C=O) groups excluding carboxylic acids is 2. The van der Waals surface area contributed by atoms with Gasteiger partial charge >= 0.3 is 12.1 Å². The van der Waals surface area contributed by atoms with Crippen LogP contribution in [0.2, 0.25) is 0 Å². The summed E-state index contributed by atoms with van der Waals surface area (Å²) in [7, 11) is 1.40. The first kappa shape index (κ1) is 20.5. The maximum Gasteiger partial charge on any atom is 0.408 e. The lowest BCUT2D eigenvalue weighted by molar-refractivity contribution is -0.149. The predicted molar refractivity (Wildman–Crippen MR) is 93.2 cm³/mol. The molecule has 0 aliphatic heterocycles. The number of alkyl carbamates (subject to hydrolysis) is 1. The van der Waals surface area contributed by atoms with Gasteiger partial charge in [-0.05, 0) is 33.3 Å². The molecule has 0 saturated heterocycles. The molecule has 0 unspecified atom stereocenters. The summed E-state index contributed by atoms with van der Waals surface area (Å²) in [5.41, 5.74) is 0.137. The summed E-state index contributed by atoms with van der Waals surface area (Å²) >= 11 is 0. The minimum atomic E-state index is -1.12. The summed E-state index contributed by atoms with van der Waals surface area (Å²) in [6.45, 7) is 6.57. The molecule has 1 aromatic carbocycles. The lowest BCUT2D eigenvalue weighted by atomic mass is 10.0. The van der Waals surface area contributed by atoms with Crippen molar-refractivity contribution in [1.82, 2.24) is 10.2 Å². The second-order valence-corrected chi connectivity index (χ2v) is 6.85. The zero-order valence-electron chi connectivity index (χ0n) is 15.3. The molecule has 7 heteroatoms. The van der Waals surface area contributed by atoms with Gasteiger partial charge in [0.1, 0.15) is 17.7 Å². The molecule has 25 heavy (non-hydrogen) atoms. The first-order valence-corrected chi connectivity index (χ1v) is 8.04. The maximum absolute atomic E-state index is 12.7. The molecule has 0 fully saturated rings. The summed E-state index contributed by atoms with van der Waals surface area (Å²) in [5, 5.41) is 11.7. The van der Waals surface area contributed by atoms with Crippen molar-refractivity contribution < 1.29 is 24.2 Å². The number of hydrogen-bond acceptors (Lipinski definition) is 4. The predicted octanol–water partition coefficient (Wildman–Crippen LogP) is 2.05. The molecular weight excluding hydrogens is 324 g/mol. The van der Waals surface area contributed by atoms with Crippen molar-refractivity contribution in [3.8, 4) is 0 Å². The van der Waals surface area contributed by atoms with Gasteiger partial charge in [-0.15, -0.1) is 0 Å². The van der Waals surface area contributed by atoms with Crippen LogP contribution in [-0.2, 0) is 20.7 Å². The lowest BCUT2D eigenvalue weighted by Gasteiger charge is -2.28. The lowest BCUT2D eigenvalue weighted by Crippen LogP contribution is -2.53. The quantitative estimate of drug-likeness (QED) is 0.819. The molecule has 0 heterocycles. The molecule has 0 bridgehead atoms. The Labute approximate surface area is 148 Å². The number of aliphatic carboxylic acids is 1. The number of rotatable bonds is 6. The van der Waals surface area contributed by atoms with E-state index >= 15 is 0 Å². The molecule has 7 nitrogen and oxygen atoms in total. The van der Waals surface area contributed by atoms with E-state index in [4.69, 9.17) is 9.84 Å². The van der Waals surface area contributed by atoms with Crippen LogP contribution in [0.1, 0.15) is 33.3 Å². The van der Waals surface area contributed by atoms with Gasteiger partial charge in [0, 0.05) is 13.5 Å². The Morgan fingerprint density at radius 1 is 1.20 bits per heavy atom. The number of ether oxygens (including phenoxy) is 1. The number of nitrogens with one attached hydrogen (secondary N) is 1. The van der Waals surface area contributed by atoms with Crippen molar-refractivity contribution in [1.29, 1.82) is 0 Å². The van der Waals surface area contributed by atoms with E-state index in [9.17, 15) is 14.4 Å². The summed E-state index contributed by atoms with van der Waals surface area (Å²) in [6.07, 6.45) is -0.492. The fourth-order valence-corrected chi connectivity index (χ4v) is 2.10. The van der Waals surface area contributed by atoms with Crippen molar-refractivity contribution in [3.63, 3.8) is 0 Å². The maximum atomic E-state index is 12.7. The van der Waals surface area contributed by atoms with E-state index in [2.05, 4.69) is 5.32 Å². The van der Waals surface area contributed by atoms with Gasteiger partial charge in [-0.25, -0.2) is 9.59 Å². The van der Waals surface area contributed by atoms with Crippen molar-refractivity contribution in [2.45, 2.75) is 51.8 Å². The van der Waals surface area contributed by atoms with E-state index in [0.717, 1.165) is 10.5 Å². The summed E-state index contributed by atoms with van der Waals surface area (Å²) in [6, 6.07) is 7.23. The molecule has 0 spiro atoms. The summed E-state index contributed by atoms with van der Waals surface area (Å²) in [5.74, 6) is -1.61. The zero-order chi connectivity index (χ0) is 19.2. The molecular formula is C18H26N2O5. The van der Waals surface area contributed by atoms with E-state index in [1.54, 1.807) is 20.8 Å². The van der Waals surface area contributed by atoms with Crippen LogP contribution in [0, 0.1) is 0 Å². The molecule has 0 aliphatic rings. The molecule has 0 aliphatic carbocycles. The molecule has 1 aromatic rings. The van der Waals surface area contributed by atoms with Crippen LogP contribution in [0.4, 0.5) is 4.79 Å². The highest BCUT2D eigenvalue weighted by Crippen LogP contribution is 2.11. The molecule has 138 valence electrons. The van der Waals surface area contributed by atoms with Crippen LogP contribution in [0.5, 0.6) is 0 Å². The Hall–Kier alpha value is -2.57. The molecule has 2 atom stereocenters. The number of nitrogens with zero attached hydrogens (tertiary/aromatic N) is 1. The Balaban J connectivity index is 2.96. The topological polar surface area (TPSA) is 95.9 Å². The van der Waals surface area contributed by atoms with Gasteiger partial charge in [0.2, 0.25) is 5.91 Å². The van der Waals surface area contributed by atoms with Gasteiger partial charge in [-0.1, -0.05) is 30.3 Å². The first-order chi connectivity index (χ1) is 11.5. The molecule has 0 radical (unpaired) electrons. The van der Waals surface area contributed by atoms with Crippen molar-refractivity contribution in [2.24, 2.45) is 0 Å². The number of amides is 2. The molecule has 2 N–H and O–H groups in total. The fourth-order valence-electron chi connectivity index (χ4n) is 2.10. The van der Waals surface area contributed by atoms with Crippen molar-refractivity contribution in [3.05, 3.63) is 35.9 Å². The standard InChI is InChI=1S/C18H26N2O5/c1-12(16(22)23)20(5)15(21)14(11-13-9-7-6-8-10-13)19-17(24)25-18(2,3)4/h6-10,12,14H,11H2,1-5H3,(H,19,24)(H,22,23)/t12-,14-/m0/s1. The number of carboxylic acids is 1. The van der Waals surface area contributed by atoms with Gasteiger partial charge in [0.05, 0.1) is 0 Å². The van der Waals surface area contributed by atoms with Gasteiger partial charge in [-0.3, -0.25) is 4.79 Å². The number of benzene rings is 1. The molecule has 2 amide bonds. The second-order valence-electron chi connectivity index (χ2n) is 6.85. The van der Waals surface area contributed by atoms with E-state index in [1.807, 2.05) is 30.3 Å². The highest BCUT2D eigenvalue weighted by atomic mass is 16.6. The number of hydrogen-bond donors (Lipinski definition) is 2. The first-order valence-electron chi connectivity index (χ1n) is 8.04. The Bertz CT molecular complexity index is 610. The second kappa shape index (κ2) is 8.50. The van der Waals surface area contributed by atoms with E-state index in [0.29, 0.717) is 0 Å². The molecule has 0 aromatic heterocycles. The number of likely N-dealkylation sites (N-methyl/N-ethyl adjacent to an activating group) is 1. The van der Waals surface area contributed by atoms with Crippen LogP contribution in [-0.4, -0.2) is 52.7 Å². The van der Waals surface area contributed by atoms with Crippen LogP contribution in [0.3, 0.4) is 0 Å². The molecule has 1 rings (SSSR count). The highest BCUT2D eigenvalue weighted by Gasteiger charge is 2.30. The van der Waals surface area contributed by atoms with E-state index < -0.39 is 35.7 Å². The minimum absolute atomic E-state index is 0.232. The van der Waals surface area contributed by atoms with Crippen LogP contribution in [0.25, 0.3) is 0 Å². The third kappa shape index (κ3) is 6.82. The van der Waals surface area contributed by atoms with Crippen molar-refractivity contribution in [2.75, 3.05) is 7.05 Å². The Morgan fingerprint density at radius 2 is 1.76 bits per heavy atom. The van der Waals surface area contributed by atoms with Gasteiger partial charge in [0.15, 0.2) is 0 Å². The van der Waals surface area contributed by atoms with Crippen LogP contribution in [0.15, 0.2) is 30.3 Å². The minimum Gasteiger partial charge on any atom is -0.480 e. The van der Waals surface area contributed by atoms with Crippen LogP contribution < -0.4 is 5.32 Å². The van der Waals surface area contributed by atoms with Gasteiger partial charge in [-0.2, -0.15) is 0 Å². The van der Waals surface area contributed by atoms with Crippen molar-refractivity contribution >= 4 is 18.0 Å². The normalized spacial score (nSPS) is 13.5. The Kier molecular flexibility index (Phi) is 6.97. The smallest absolute Gasteiger partial charge is 0.408 e. The third-order valence-corrected chi connectivity index (χ3v) is 3.56.